The first-order chi connectivity index (χ1) is 13.1. The van der Waals surface area contributed by atoms with Crippen LogP contribution in [-0.4, -0.2) is 45.9 Å². The van der Waals surface area contributed by atoms with Crippen molar-refractivity contribution in [2.75, 3.05) is 19.6 Å². The average Bonchev–Trinajstić information content (AvgIpc) is 2.99. The monoisotopic (exact) mass is 499 g/mol. The number of halogens is 1. The Morgan fingerprint density at radius 2 is 1.96 bits per heavy atom. The molecule has 0 unspecified atom stereocenters. The lowest BCUT2D eigenvalue weighted by atomic mass is 9.85. The van der Waals surface area contributed by atoms with Gasteiger partial charge in [-0.15, -0.1) is 24.0 Å². The number of nitrogens with one attached hydrogen (secondary N) is 2. The minimum Gasteiger partial charge on any atom is -0.388 e. The number of guanidine groups is 1. The van der Waals surface area contributed by atoms with Crippen LogP contribution in [-0.2, 0) is 6.54 Å². The Kier molecular flexibility index (Phi) is 9.01. The molecule has 3 N–H and O–H groups in total. The number of benzene rings is 1. The largest absolute Gasteiger partial charge is 0.388 e. The van der Waals surface area contributed by atoms with Crippen molar-refractivity contribution >= 4 is 41.0 Å². The quantitative estimate of drug-likeness (QED) is 0.236. The number of aliphatic hydroxyl groups is 1. The highest BCUT2D eigenvalue weighted by Gasteiger charge is 2.28. The zero-order valence-electron chi connectivity index (χ0n) is 17.1. The van der Waals surface area contributed by atoms with Crippen molar-refractivity contribution < 1.29 is 5.11 Å². The molecule has 2 aromatic rings. The van der Waals surface area contributed by atoms with E-state index in [1.165, 1.54) is 11.9 Å². The van der Waals surface area contributed by atoms with Crippen molar-refractivity contribution in [3.05, 3.63) is 30.1 Å². The molecule has 7 heteroatoms. The van der Waals surface area contributed by atoms with Gasteiger partial charge < -0.3 is 20.3 Å². The minimum atomic E-state index is -0.618. The first-order valence-electron chi connectivity index (χ1n) is 10.3. The summed E-state index contributed by atoms with van der Waals surface area (Å²) in [5.41, 5.74) is 1.63. The highest BCUT2D eigenvalue weighted by Crippen LogP contribution is 2.28. The van der Waals surface area contributed by atoms with E-state index in [0.717, 1.165) is 69.0 Å². The van der Waals surface area contributed by atoms with Gasteiger partial charge in [-0.05, 0) is 45.2 Å². The van der Waals surface area contributed by atoms with Crippen molar-refractivity contribution in [3.8, 4) is 0 Å². The Morgan fingerprint density at radius 3 is 2.71 bits per heavy atom. The lowest BCUT2D eigenvalue weighted by Crippen LogP contribution is -2.41. The van der Waals surface area contributed by atoms with Crippen molar-refractivity contribution in [1.29, 1.82) is 0 Å². The van der Waals surface area contributed by atoms with Crippen LogP contribution in [0.25, 0.3) is 11.0 Å². The van der Waals surface area contributed by atoms with E-state index in [4.69, 9.17) is 0 Å². The molecule has 0 radical (unpaired) electrons. The van der Waals surface area contributed by atoms with Crippen LogP contribution in [0.5, 0.6) is 0 Å². The molecular formula is C21H34IN5O. The highest BCUT2D eigenvalue weighted by molar-refractivity contribution is 14.0. The fourth-order valence-electron chi connectivity index (χ4n) is 3.86. The molecule has 1 aromatic heterocycles. The number of imidazole rings is 1. The number of hydrogen-bond donors (Lipinski definition) is 3. The fourth-order valence-corrected chi connectivity index (χ4v) is 3.86. The number of para-hydroxylation sites is 2. The standard InChI is InChI=1S/C21H33N5O.HI/c1-3-22-20(24-16-21(27)12-7-4-8-13-21)23-14-9-15-26-17(2)25-18-10-5-6-11-19(18)26;/h5-6,10-11,27H,3-4,7-9,12-16H2,1-2H3,(H2,22,23,24);1H. The molecule has 1 heterocycles. The van der Waals surface area contributed by atoms with Crippen molar-refractivity contribution in [2.24, 2.45) is 4.99 Å². The molecule has 28 heavy (non-hydrogen) atoms. The third kappa shape index (κ3) is 6.07. The summed E-state index contributed by atoms with van der Waals surface area (Å²) in [6, 6.07) is 8.27. The molecule has 1 aromatic carbocycles. The first kappa shape index (κ1) is 22.9. The summed E-state index contributed by atoms with van der Waals surface area (Å²) >= 11 is 0. The van der Waals surface area contributed by atoms with E-state index in [-0.39, 0.29) is 24.0 Å². The molecule has 0 spiro atoms. The van der Waals surface area contributed by atoms with Crippen LogP contribution < -0.4 is 10.6 Å². The van der Waals surface area contributed by atoms with E-state index >= 15 is 0 Å². The first-order valence-corrected chi connectivity index (χ1v) is 10.3. The second kappa shape index (κ2) is 11.0. The van der Waals surface area contributed by atoms with Gasteiger partial charge in [-0.3, -0.25) is 4.99 Å². The summed E-state index contributed by atoms with van der Waals surface area (Å²) in [5.74, 6) is 1.85. The summed E-state index contributed by atoms with van der Waals surface area (Å²) in [6.07, 6.45) is 6.15. The predicted octanol–water partition coefficient (Wildman–Crippen LogP) is 3.60. The maximum Gasteiger partial charge on any atom is 0.191 e. The van der Waals surface area contributed by atoms with Gasteiger partial charge in [0, 0.05) is 19.6 Å². The van der Waals surface area contributed by atoms with Crippen LogP contribution in [0.15, 0.2) is 29.3 Å². The normalized spacial score (nSPS) is 16.6. The van der Waals surface area contributed by atoms with Gasteiger partial charge in [0.05, 0.1) is 23.2 Å². The van der Waals surface area contributed by atoms with Crippen LogP contribution in [0.2, 0.25) is 0 Å². The number of rotatable bonds is 7. The maximum absolute atomic E-state index is 10.6. The highest BCUT2D eigenvalue weighted by atomic mass is 127. The van der Waals surface area contributed by atoms with E-state index < -0.39 is 5.60 Å². The molecule has 0 amide bonds. The molecule has 6 nitrogen and oxygen atoms in total. The summed E-state index contributed by atoms with van der Waals surface area (Å²) < 4.78 is 2.27. The van der Waals surface area contributed by atoms with Gasteiger partial charge >= 0.3 is 0 Å². The topological polar surface area (TPSA) is 74.5 Å². The van der Waals surface area contributed by atoms with Gasteiger partial charge in [-0.25, -0.2) is 4.98 Å². The molecule has 3 rings (SSSR count). The van der Waals surface area contributed by atoms with Crippen molar-refractivity contribution in [1.82, 2.24) is 20.2 Å². The molecule has 1 aliphatic rings. The lowest BCUT2D eigenvalue weighted by Gasteiger charge is -2.30. The second-order valence-corrected chi connectivity index (χ2v) is 7.56. The van der Waals surface area contributed by atoms with Gasteiger partial charge in [0.1, 0.15) is 5.82 Å². The van der Waals surface area contributed by atoms with Gasteiger partial charge in [0.25, 0.3) is 0 Å². The number of hydrogen-bond acceptors (Lipinski definition) is 3. The second-order valence-electron chi connectivity index (χ2n) is 7.56. The van der Waals surface area contributed by atoms with Crippen LogP contribution in [0.3, 0.4) is 0 Å². The third-order valence-corrected chi connectivity index (χ3v) is 5.36. The van der Waals surface area contributed by atoms with E-state index in [2.05, 4.69) is 57.2 Å². The van der Waals surface area contributed by atoms with E-state index in [1.54, 1.807) is 0 Å². The van der Waals surface area contributed by atoms with Gasteiger partial charge in [0.15, 0.2) is 5.96 Å². The van der Waals surface area contributed by atoms with Crippen LogP contribution >= 0.6 is 24.0 Å². The number of aryl methyl sites for hydroxylation is 2. The zero-order valence-corrected chi connectivity index (χ0v) is 19.4. The number of nitrogens with zero attached hydrogens (tertiary/aromatic N) is 3. The number of fused-ring (bicyclic) bond motifs is 1. The van der Waals surface area contributed by atoms with Crippen molar-refractivity contribution in [2.45, 2.75) is 64.5 Å². The molecule has 1 aliphatic carbocycles. The number of aliphatic imine (C=N–C) groups is 1. The smallest absolute Gasteiger partial charge is 0.191 e. The molecule has 156 valence electrons. The van der Waals surface area contributed by atoms with Crippen molar-refractivity contribution in [3.63, 3.8) is 0 Å². The summed E-state index contributed by atoms with van der Waals surface area (Å²) in [6.45, 7) is 7.17. The average molecular weight is 499 g/mol. The summed E-state index contributed by atoms with van der Waals surface area (Å²) in [4.78, 5) is 9.26. The molecule has 0 atom stereocenters. The molecule has 1 fully saturated rings. The number of aromatic nitrogens is 2. The zero-order chi connectivity index (χ0) is 19.1. The van der Waals surface area contributed by atoms with E-state index in [1.807, 2.05) is 6.07 Å². The molecule has 0 bridgehead atoms. The SMILES string of the molecule is CCNC(=NCC1(O)CCCCC1)NCCCn1c(C)nc2ccccc21.I. The maximum atomic E-state index is 10.6. The summed E-state index contributed by atoms with van der Waals surface area (Å²) in [5, 5.41) is 17.3. The molecular weight excluding hydrogens is 465 g/mol. The summed E-state index contributed by atoms with van der Waals surface area (Å²) in [7, 11) is 0. The van der Waals surface area contributed by atoms with Gasteiger partial charge in [0.2, 0.25) is 0 Å². The molecule has 0 saturated heterocycles. The molecule has 0 aliphatic heterocycles. The molecule has 1 saturated carbocycles. The minimum absolute atomic E-state index is 0. The van der Waals surface area contributed by atoms with Crippen LogP contribution in [0.4, 0.5) is 0 Å². The van der Waals surface area contributed by atoms with Gasteiger partial charge in [-0.1, -0.05) is 31.4 Å². The van der Waals surface area contributed by atoms with E-state index in [0.29, 0.717) is 6.54 Å². The Hall–Kier alpha value is -1.35. The van der Waals surface area contributed by atoms with Gasteiger partial charge in [-0.2, -0.15) is 0 Å². The Bertz CT molecular complexity index is 767. The lowest BCUT2D eigenvalue weighted by molar-refractivity contribution is 0.0131. The van der Waals surface area contributed by atoms with Crippen LogP contribution in [0, 0.1) is 6.92 Å². The van der Waals surface area contributed by atoms with E-state index in [9.17, 15) is 5.11 Å². The predicted molar refractivity (Wildman–Crippen MR) is 127 cm³/mol. The Labute approximate surface area is 185 Å². The Morgan fingerprint density at radius 1 is 1.21 bits per heavy atom. The Balaban J connectivity index is 0.00000280. The third-order valence-electron chi connectivity index (χ3n) is 5.36. The fraction of sp³-hybridized carbons (Fsp3) is 0.619. The van der Waals surface area contributed by atoms with Crippen LogP contribution in [0.1, 0.15) is 51.3 Å².